The number of aromatic nitrogens is 3. The minimum atomic E-state index is 0.157. The zero-order valence-electron chi connectivity index (χ0n) is 10.8. The number of nitrogens with zero attached hydrogens (tertiary/aromatic N) is 4. The van der Waals surface area contributed by atoms with Gasteiger partial charge in [0, 0.05) is 18.6 Å². The molecule has 2 aromatic rings. The van der Waals surface area contributed by atoms with Crippen molar-refractivity contribution in [3.63, 3.8) is 0 Å². The summed E-state index contributed by atoms with van der Waals surface area (Å²) in [6.45, 7) is 2.03. The van der Waals surface area contributed by atoms with Gasteiger partial charge in [0.25, 0.3) is 0 Å². The van der Waals surface area contributed by atoms with Gasteiger partial charge in [0.2, 0.25) is 17.2 Å². The summed E-state index contributed by atoms with van der Waals surface area (Å²) in [5.74, 6) is 0.916. The Kier molecular flexibility index (Phi) is 4.21. The second-order valence-corrected chi connectivity index (χ2v) is 5.42. The van der Waals surface area contributed by atoms with Crippen molar-refractivity contribution in [2.24, 2.45) is 0 Å². The number of benzene rings is 1. The lowest BCUT2D eigenvalue weighted by molar-refractivity contribution is 0.961. The molecule has 0 saturated carbocycles. The van der Waals surface area contributed by atoms with E-state index < -0.39 is 0 Å². The van der Waals surface area contributed by atoms with Crippen LogP contribution < -0.4 is 10.2 Å². The van der Waals surface area contributed by atoms with Crippen molar-refractivity contribution in [1.82, 2.24) is 15.0 Å². The highest BCUT2D eigenvalue weighted by Gasteiger charge is 2.08. The van der Waals surface area contributed by atoms with Crippen LogP contribution in [0.1, 0.15) is 5.56 Å². The van der Waals surface area contributed by atoms with Gasteiger partial charge in [-0.2, -0.15) is 15.0 Å². The summed E-state index contributed by atoms with van der Waals surface area (Å²) in [4.78, 5) is 14.1. The van der Waals surface area contributed by atoms with Gasteiger partial charge in [-0.15, -0.1) is 0 Å². The zero-order valence-corrected chi connectivity index (χ0v) is 13.1. The van der Waals surface area contributed by atoms with Gasteiger partial charge in [0.15, 0.2) is 0 Å². The first-order chi connectivity index (χ1) is 8.95. The van der Waals surface area contributed by atoms with Crippen molar-refractivity contribution in [2.75, 3.05) is 24.3 Å². The molecule has 0 radical (unpaired) electrons. The average molecular weight is 343 g/mol. The van der Waals surface area contributed by atoms with Gasteiger partial charge in [0.05, 0.1) is 5.69 Å². The fourth-order valence-corrected chi connectivity index (χ4v) is 2.19. The molecule has 0 unspecified atom stereocenters. The molecule has 5 nitrogen and oxygen atoms in total. The van der Waals surface area contributed by atoms with Crippen molar-refractivity contribution < 1.29 is 0 Å². The quantitative estimate of drug-likeness (QED) is 0.926. The van der Waals surface area contributed by atoms with Crippen LogP contribution >= 0.6 is 27.5 Å². The van der Waals surface area contributed by atoms with Crippen molar-refractivity contribution in [1.29, 1.82) is 0 Å². The molecule has 0 spiro atoms. The lowest BCUT2D eigenvalue weighted by Crippen LogP contribution is -2.14. The smallest absolute Gasteiger partial charge is 0.233 e. The maximum atomic E-state index is 5.88. The molecular weight excluding hydrogens is 330 g/mol. The third kappa shape index (κ3) is 3.54. The minimum Gasteiger partial charge on any atom is -0.347 e. The molecule has 0 amide bonds. The molecule has 1 aromatic heterocycles. The van der Waals surface area contributed by atoms with E-state index in [1.54, 1.807) is 4.90 Å². The third-order valence-electron chi connectivity index (χ3n) is 2.37. The molecule has 1 N–H and O–H groups in total. The normalized spacial score (nSPS) is 10.4. The van der Waals surface area contributed by atoms with E-state index in [-0.39, 0.29) is 5.28 Å². The van der Waals surface area contributed by atoms with E-state index in [1.807, 2.05) is 39.2 Å². The van der Waals surface area contributed by atoms with Gasteiger partial charge < -0.3 is 10.2 Å². The maximum Gasteiger partial charge on any atom is 0.233 e. The third-order valence-corrected chi connectivity index (χ3v) is 3.19. The van der Waals surface area contributed by atoms with Crippen LogP contribution in [0.2, 0.25) is 5.28 Å². The average Bonchev–Trinajstić information content (AvgIpc) is 2.32. The molecule has 0 saturated heterocycles. The number of hydrogen-bond donors (Lipinski definition) is 1. The van der Waals surface area contributed by atoms with E-state index in [1.165, 1.54) is 5.56 Å². The summed E-state index contributed by atoms with van der Waals surface area (Å²) in [6, 6.07) is 5.97. The zero-order chi connectivity index (χ0) is 14.0. The lowest BCUT2D eigenvalue weighted by Gasteiger charge is -2.12. The standard InChI is InChI=1S/C12H13BrClN5/c1-7-4-5-9(8(13)6-7)15-11-16-10(14)17-12(18-11)19(2)3/h4-6H,1-3H3,(H,15,16,17,18). The van der Waals surface area contributed by atoms with Gasteiger partial charge in [-0.3, -0.25) is 0 Å². The highest BCUT2D eigenvalue weighted by Crippen LogP contribution is 2.26. The number of hydrogen-bond acceptors (Lipinski definition) is 5. The van der Waals surface area contributed by atoms with E-state index in [0.29, 0.717) is 11.9 Å². The first kappa shape index (κ1) is 14.0. The number of nitrogens with one attached hydrogen (secondary N) is 1. The topological polar surface area (TPSA) is 53.9 Å². The second kappa shape index (κ2) is 5.71. The Morgan fingerprint density at radius 3 is 2.58 bits per heavy atom. The molecule has 7 heteroatoms. The monoisotopic (exact) mass is 341 g/mol. The van der Waals surface area contributed by atoms with Gasteiger partial charge in [0.1, 0.15) is 0 Å². The largest absolute Gasteiger partial charge is 0.347 e. The molecule has 0 aliphatic rings. The number of anilines is 3. The number of halogens is 2. The fraction of sp³-hybridized carbons (Fsp3) is 0.250. The van der Waals surface area contributed by atoms with Crippen LogP contribution in [0, 0.1) is 6.92 Å². The summed E-state index contributed by atoms with van der Waals surface area (Å²) < 4.78 is 0.940. The molecule has 1 aromatic carbocycles. The van der Waals surface area contributed by atoms with Crippen LogP contribution in [-0.4, -0.2) is 29.0 Å². The van der Waals surface area contributed by atoms with E-state index in [0.717, 1.165) is 10.2 Å². The lowest BCUT2D eigenvalue weighted by atomic mass is 10.2. The van der Waals surface area contributed by atoms with Crippen LogP contribution in [0.4, 0.5) is 17.6 Å². The predicted molar refractivity (Wildman–Crippen MR) is 81.3 cm³/mol. The second-order valence-electron chi connectivity index (χ2n) is 4.23. The van der Waals surface area contributed by atoms with Gasteiger partial charge in [-0.1, -0.05) is 6.07 Å². The van der Waals surface area contributed by atoms with Gasteiger partial charge in [-0.25, -0.2) is 0 Å². The Morgan fingerprint density at radius 1 is 1.21 bits per heavy atom. The molecule has 19 heavy (non-hydrogen) atoms. The Hall–Kier alpha value is -1.40. The minimum absolute atomic E-state index is 0.157. The van der Waals surface area contributed by atoms with Crippen LogP contribution in [0.15, 0.2) is 22.7 Å². The van der Waals surface area contributed by atoms with E-state index in [9.17, 15) is 0 Å². The molecule has 100 valence electrons. The Morgan fingerprint density at radius 2 is 1.95 bits per heavy atom. The van der Waals surface area contributed by atoms with Crippen LogP contribution in [-0.2, 0) is 0 Å². The number of aryl methyl sites for hydroxylation is 1. The Labute approximate surface area is 125 Å². The van der Waals surface area contributed by atoms with Gasteiger partial charge in [-0.05, 0) is 52.2 Å². The molecule has 0 aliphatic carbocycles. The Bertz CT molecular complexity index is 603. The summed E-state index contributed by atoms with van der Waals surface area (Å²) >= 11 is 9.38. The van der Waals surface area contributed by atoms with Crippen LogP contribution in [0.25, 0.3) is 0 Å². The SMILES string of the molecule is Cc1ccc(Nc2nc(Cl)nc(N(C)C)n2)c(Br)c1. The van der Waals surface area contributed by atoms with Crippen molar-refractivity contribution in [3.8, 4) is 0 Å². The van der Waals surface area contributed by atoms with E-state index in [2.05, 4.69) is 36.2 Å². The fourth-order valence-electron chi connectivity index (χ4n) is 1.44. The Balaban J connectivity index is 2.32. The van der Waals surface area contributed by atoms with Gasteiger partial charge >= 0.3 is 0 Å². The molecule has 0 atom stereocenters. The summed E-state index contributed by atoms with van der Waals surface area (Å²) in [5.41, 5.74) is 2.04. The molecule has 0 fully saturated rings. The molecular formula is C12H13BrClN5. The van der Waals surface area contributed by atoms with Crippen molar-refractivity contribution >= 4 is 45.1 Å². The summed E-state index contributed by atoms with van der Waals surface area (Å²) in [6.07, 6.45) is 0. The molecule has 1 heterocycles. The van der Waals surface area contributed by atoms with Crippen LogP contribution in [0.3, 0.4) is 0 Å². The highest BCUT2D eigenvalue weighted by atomic mass is 79.9. The highest BCUT2D eigenvalue weighted by molar-refractivity contribution is 9.10. The molecule has 0 bridgehead atoms. The van der Waals surface area contributed by atoms with Crippen LogP contribution in [0.5, 0.6) is 0 Å². The van der Waals surface area contributed by atoms with E-state index in [4.69, 9.17) is 11.6 Å². The summed E-state index contributed by atoms with van der Waals surface area (Å²) in [5, 5.41) is 3.27. The molecule has 2 rings (SSSR count). The molecule has 0 aliphatic heterocycles. The van der Waals surface area contributed by atoms with E-state index >= 15 is 0 Å². The first-order valence-electron chi connectivity index (χ1n) is 5.58. The number of rotatable bonds is 3. The first-order valence-corrected chi connectivity index (χ1v) is 6.75. The summed E-state index contributed by atoms with van der Waals surface area (Å²) in [7, 11) is 3.69. The predicted octanol–water partition coefficient (Wildman–Crippen LogP) is 3.41. The maximum absolute atomic E-state index is 5.88. The van der Waals surface area contributed by atoms with Crippen molar-refractivity contribution in [2.45, 2.75) is 6.92 Å². The van der Waals surface area contributed by atoms with Crippen molar-refractivity contribution in [3.05, 3.63) is 33.5 Å².